The van der Waals surface area contributed by atoms with Gasteiger partial charge in [0.05, 0.1) is 0 Å². The number of amides is 1. The van der Waals surface area contributed by atoms with Gasteiger partial charge in [-0.15, -0.1) is 0 Å². The molecule has 1 aliphatic carbocycles. The molecule has 96 valence electrons. The highest BCUT2D eigenvalue weighted by Crippen LogP contribution is 2.20. The summed E-state index contributed by atoms with van der Waals surface area (Å²) in [6.07, 6.45) is 4.74. The van der Waals surface area contributed by atoms with Gasteiger partial charge in [0.2, 0.25) is 5.91 Å². The Kier molecular flexibility index (Phi) is 4.19. The molecule has 1 saturated carbocycles. The highest BCUT2D eigenvalue weighted by molar-refractivity contribution is 6.00. The second-order valence-electron chi connectivity index (χ2n) is 5.07. The Hall–Kier alpha value is -1.57. The van der Waals surface area contributed by atoms with E-state index in [1.54, 1.807) is 0 Å². The molecule has 0 atom stereocenters. The Bertz CT molecular complexity index is 441. The van der Waals surface area contributed by atoms with Crippen LogP contribution in [0.1, 0.15) is 45.1 Å². The number of nitrogens with one attached hydrogen (secondary N) is 1. The zero-order chi connectivity index (χ0) is 13.0. The maximum absolute atomic E-state index is 12.1. The van der Waals surface area contributed by atoms with E-state index in [0.29, 0.717) is 6.04 Å². The van der Waals surface area contributed by atoms with E-state index in [4.69, 9.17) is 0 Å². The summed E-state index contributed by atoms with van der Waals surface area (Å²) in [5.74, 6) is 0.0863. The first-order valence-corrected chi connectivity index (χ1v) is 6.72. The van der Waals surface area contributed by atoms with Gasteiger partial charge in [0.25, 0.3) is 0 Å². The van der Waals surface area contributed by atoms with E-state index in [2.05, 4.69) is 5.32 Å². The summed E-state index contributed by atoms with van der Waals surface area (Å²) >= 11 is 0. The van der Waals surface area contributed by atoms with E-state index in [9.17, 15) is 4.79 Å². The average Bonchev–Trinajstić information content (AvgIpc) is 2.91. The van der Waals surface area contributed by atoms with E-state index in [0.717, 1.165) is 29.6 Å². The first kappa shape index (κ1) is 12.9. The predicted octanol–water partition coefficient (Wildman–Crippen LogP) is 3.54. The van der Waals surface area contributed by atoms with Gasteiger partial charge in [-0.2, -0.15) is 0 Å². The monoisotopic (exact) mass is 243 g/mol. The lowest BCUT2D eigenvalue weighted by atomic mass is 10.0. The molecular formula is C16H21NO. The third-order valence-corrected chi connectivity index (χ3v) is 3.80. The van der Waals surface area contributed by atoms with E-state index in [1.807, 2.05) is 44.2 Å². The van der Waals surface area contributed by atoms with Gasteiger partial charge < -0.3 is 5.32 Å². The van der Waals surface area contributed by atoms with Crippen molar-refractivity contribution in [2.24, 2.45) is 0 Å². The summed E-state index contributed by atoms with van der Waals surface area (Å²) in [7, 11) is 0. The molecule has 0 radical (unpaired) electrons. The van der Waals surface area contributed by atoms with E-state index < -0.39 is 0 Å². The van der Waals surface area contributed by atoms with E-state index in [-0.39, 0.29) is 5.91 Å². The number of hydrogen-bond donors (Lipinski definition) is 1. The second kappa shape index (κ2) is 5.85. The van der Waals surface area contributed by atoms with Crippen molar-refractivity contribution in [2.45, 2.75) is 45.6 Å². The lowest BCUT2D eigenvalue weighted by Gasteiger charge is -2.14. The molecule has 0 heterocycles. The second-order valence-corrected chi connectivity index (χ2v) is 5.07. The van der Waals surface area contributed by atoms with Crippen LogP contribution in [-0.4, -0.2) is 11.9 Å². The van der Waals surface area contributed by atoms with Crippen molar-refractivity contribution in [2.75, 3.05) is 0 Å². The van der Waals surface area contributed by atoms with Crippen LogP contribution in [0.4, 0.5) is 0 Å². The fourth-order valence-corrected chi connectivity index (χ4v) is 2.44. The van der Waals surface area contributed by atoms with Gasteiger partial charge >= 0.3 is 0 Å². The maximum Gasteiger partial charge on any atom is 0.247 e. The minimum Gasteiger partial charge on any atom is -0.350 e. The smallest absolute Gasteiger partial charge is 0.247 e. The molecule has 0 aliphatic heterocycles. The summed E-state index contributed by atoms with van der Waals surface area (Å²) in [6.45, 7) is 3.92. The van der Waals surface area contributed by atoms with Crippen LogP contribution >= 0.6 is 0 Å². The van der Waals surface area contributed by atoms with Crippen LogP contribution < -0.4 is 5.32 Å². The molecule has 2 nitrogen and oxygen atoms in total. The van der Waals surface area contributed by atoms with Crippen LogP contribution in [0.25, 0.3) is 5.57 Å². The average molecular weight is 243 g/mol. The molecule has 0 saturated heterocycles. The van der Waals surface area contributed by atoms with Gasteiger partial charge in [-0.05, 0) is 37.8 Å². The van der Waals surface area contributed by atoms with Crippen molar-refractivity contribution in [1.29, 1.82) is 0 Å². The largest absolute Gasteiger partial charge is 0.350 e. The molecule has 1 N–H and O–H groups in total. The van der Waals surface area contributed by atoms with Gasteiger partial charge in [0, 0.05) is 11.6 Å². The van der Waals surface area contributed by atoms with Crippen LogP contribution in [0.2, 0.25) is 0 Å². The van der Waals surface area contributed by atoms with Crippen molar-refractivity contribution < 1.29 is 4.79 Å². The Labute approximate surface area is 109 Å². The molecule has 2 rings (SSSR count). The predicted molar refractivity (Wildman–Crippen MR) is 75.1 cm³/mol. The Morgan fingerprint density at radius 3 is 2.33 bits per heavy atom. The van der Waals surface area contributed by atoms with Crippen molar-refractivity contribution in [1.82, 2.24) is 5.32 Å². The summed E-state index contributed by atoms with van der Waals surface area (Å²) in [4.78, 5) is 12.1. The van der Waals surface area contributed by atoms with Gasteiger partial charge in [-0.25, -0.2) is 0 Å². The van der Waals surface area contributed by atoms with Crippen molar-refractivity contribution >= 4 is 11.5 Å². The summed E-state index contributed by atoms with van der Waals surface area (Å²) in [6, 6.07) is 10.5. The number of benzene rings is 1. The lowest BCUT2D eigenvalue weighted by Crippen LogP contribution is -2.33. The van der Waals surface area contributed by atoms with Gasteiger partial charge in [-0.3, -0.25) is 4.79 Å². The fraction of sp³-hybridized carbons (Fsp3) is 0.438. The molecule has 1 aromatic rings. The normalized spacial score (nSPS) is 17.4. The van der Waals surface area contributed by atoms with Crippen LogP contribution in [0.15, 0.2) is 35.9 Å². The maximum atomic E-state index is 12.1. The number of hydrogen-bond acceptors (Lipinski definition) is 1. The molecule has 1 aliphatic rings. The van der Waals surface area contributed by atoms with Crippen LogP contribution in [0.3, 0.4) is 0 Å². The van der Waals surface area contributed by atoms with Crippen molar-refractivity contribution in [3.63, 3.8) is 0 Å². The highest BCUT2D eigenvalue weighted by Gasteiger charge is 2.18. The topological polar surface area (TPSA) is 29.1 Å². The Morgan fingerprint density at radius 2 is 1.72 bits per heavy atom. The van der Waals surface area contributed by atoms with E-state index >= 15 is 0 Å². The first-order chi connectivity index (χ1) is 8.68. The molecule has 2 heteroatoms. The Balaban J connectivity index is 2.08. The summed E-state index contributed by atoms with van der Waals surface area (Å²) in [5.41, 5.74) is 3.01. The standard InChI is InChI=1S/C16H21NO/c1-12(14-8-4-3-5-9-14)13(2)16(18)17-15-10-6-7-11-15/h3-5,8-9,15H,6-7,10-11H2,1-2H3,(H,17,18)/b13-12+. The SMILES string of the molecule is C/C(C(=O)NC1CCCC1)=C(/C)c1ccccc1. The fourth-order valence-electron chi connectivity index (χ4n) is 2.44. The molecule has 18 heavy (non-hydrogen) atoms. The van der Waals surface area contributed by atoms with Crippen LogP contribution in [0.5, 0.6) is 0 Å². The molecule has 1 amide bonds. The molecule has 0 aromatic heterocycles. The van der Waals surface area contributed by atoms with Gasteiger partial charge in [-0.1, -0.05) is 43.2 Å². The van der Waals surface area contributed by atoms with Gasteiger partial charge in [0.15, 0.2) is 0 Å². The molecule has 1 aromatic carbocycles. The Morgan fingerprint density at radius 1 is 1.11 bits per heavy atom. The zero-order valence-corrected chi connectivity index (χ0v) is 11.2. The van der Waals surface area contributed by atoms with Crippen LogP contribution in [0, 0.1) is 0 Å². The molecule has 0 unspecified atom stereocenters. The summed E-state index contributed by atoms with van der Waals surface area (Å²) < 4.78 is 0. The van der Waals surface area contributed by atoms with Crippen molar-refractivity contribution in [3.8, 4) is 0 Å². The molecule has 0 bridgehead atoms. The van der Waals surface area contributed by atoms with Gasteiger partial charge in [0.1, 0.15) is 0 Å². The number of rotatable bonds is 3. The minimum absolute atomic E-state index is 0.0863. The third-order valence-electron chi connectivity index (χ3n) is 3.80. The summed E-state index contributed by atoms with van der Waals surface area (Å²) in [5, 5.41) is 3.13. The lowest BCUT2D eigenvalue weighted by molar-refractivity contribution is -0.118. The first-order valence-electron chi connectivity index (χ1n) is 6.72. The third kappa shape index (κ3) is 3.00. The minimum atomic E-state index is 0.0863. The number of carbonyl (C=O) groups is 1. The highest BCUT2D eigenvalue weighted by atomic mass is 16.1. The van der Waals surface area contributed by atoms with Crippen molar-refractivity contribution in [3.05, 3.63) is 41.5 Å². The number of allylic oxidation sites excluding steroid dienone is 1. The molecular weight excluding hydrogens is 222 g/mol. The van der Waals surface area contributed by atoms with E-state index in [1.165, 1.54) is 12.8 Å². The van der Waals surface area contributed by atoms with Crippen LogP contribution in [-0.2, 0) is 4.79 Å². The molecule has 1 fully saturated rings. The zero-order valence-electron chi connectivity index (χ0n) is 11.2. The number of carbonyl (C=O) groups excluding carboxylic acids is 1. The quantitative estimate of drug-likeness (QED) is 0.808. The molecule has 0 spiro atoms.